The molecule has 0 amide bonds. The Bertz CT molecular complexity index is 628. The molecular weight excluding hydrogens is 242 g/mol. The molecule has 2 rings (SSSR count). The van der Waals surface area contributed by atoms with E-state index in [0.29, 0.717) is 11.5 Å². The van der Waals surface area contributed by atoms with Gasteiger partial charge in [0, 0.05) is 0 Å². The Morgan fingerprint density at radius 3 is 2.35 bits per heavy atom. The second kappa shape index (κ2) is 6.73. The van der Waals surface area contributed by atoms with Gasteiger partial charge in [-0.3, -0.25) is 0 Å². The van der Waals surface area contributed by atoms with Crippen LogP contribution in [-0.2, 0) is 6.42 Å². The van der Waals surface area contributed by atoms with Gasteiger partial charge < -0.3 is 0 Å². The molecule has 0 atom stereocenters. The van der Waals surface area contributed by atoms with Gasteiger partial charge in [0.25, 0.3) is 0 Å². The van der Waals surface area contributed by atoms with Crippen LogP contribution in [0.3, 0.4) is 0 Å². The molecule has 0 heterocycles. The van der Waals surface area contributed by atoms with E-state index in [2.05, 4.69) is 50.3 Å². The van der Waals surface area contributed by atoms with Crippen LogP contribution in [0.15, 0.2) is 48.5 Å². The SMILES string of the molecule is CC(C)Cc1ccc(C=Cc2cccc(C#N)c2)cc1. The minimum atomic E-state index is 0.685. The lowest BCUT2D eigenvalue weighted by Crippen LogP contribution is -1.93. The fourth-order valence-corrected chi connectivity index (χ4v) is 2.14. The van der Waals surface area contributed by atoms with E-state index in [9.17, 15) is 0 Å². The van der Waals surface area contributed by atoms with Crippen LogP contribution < -0.4 is 0 Å². The Kier molecular flexibility index (Phi) is 4.74. The summed E-state index contributed by atoms with van der Waals surface area (Å²) in [5.41, 5.74) is 4.30. The van der Waals surface area contributed by atoms with Gasteiger partial charge in [-0.2, -0.15) is 5.26 Å². The van der Waals surface area contributed by atoms with E-state index >= 15 is 0 Å². The summed E-state index contributed by atoms with van der Waals surface area (Å²) < 4.78 is 0. The summed E-state index contributed by atoms with van der Waals surface area (Å²) in [6, 6.07) is 18.4. The number of hydrogen-bond acceptors (Lipinski definition) is 1. The summed E-state index contributed by atoms with van der Waals surface area (Å²) >= 11 is 0. The molecule has 0 bridgehead atoms. The van der Waals surface area contributed by atoms with Gasteiger partial charge in [0.2, 0.25) is 0 Å². The van der Waals surface area contributed by atoms with Crippen molar-refractivity contribution < 1.29 is 0 Å². The lowest BCUT2D eigenvalue weighted by atomic mass is 10.0. The summed E-state index contributed by atoms with van der Waals surface area (Å²) in [5.74, 6) is 0.685. The molecule has 0 saturated carbocycles. The van der Waals surface area contributed by atoms with E-state index in [4.69, 9.17) is 5.26 Å². The highest BCUT2D eigenvalue weighted by molar-refractivity contribution is 5.70. The predicted molar refractivity (Wildman–Crippen MR) is 85.1 cm³/mol. The molecule has 0 aliphatic heterocycles. The Morgan fingerprint density at radius 1 is 1.00 bits per heavy atom. The van der Waals surface area contributed by atoms with Crippen molar-refractivity contribution in [2.75, 3.05) is 0 Å². The smallest absolute Gasteiger partial charge is 0.0991 e. The van der Waals surface area contributed by atoms with Crippen molar-refractivity contribution in [2.45, 2.75) is 20.3 Å². The molecule has 0 aromatic heterocycles. The number of rotatable bonds is 4. The molecule has 0 radical (unpaired) electrons. The first-order valence-electron chi connectivity index (χ1n) is 6.94. The zero-order valence-electron chi connectivity index (χ0n) is 12.0. The summed E-state index contributed by atoms with van der Waals surface area (Å²) in [6.45, 7) is 4.46. The maximum atomic E-state index is 8.88. The molecule has 0 N–H and O–H groups in total. The molecule has 2 aromatic carbocycles. The Labute approximate surface area is 121 Å². The lowest BCUT2D eigenvalue weighted by molar-refractivity contribution is 0.647. The van der Waals surface area contributed by atoms with Gasteiger partial charge in [0.15, 0.2) is 0 Å². The van der Waals surface area contributed by atoms with Crippen molar-refractivity contribution in [3.8, 4) is 6.07 Å². The molecule has 20 heavy (non-hydrogen) atoms. The van der Waals surface area contributed by atoms with Crippen LogP contribution >= 0.6 is 0 Å². The number of benzene rings is 2. The fourth-order valence-electron chi connectivity index (χ4n) is 2.14. The van der Waals surface area contributed by atoms with E-state index in [1.165, 1.54) is 11.1 Å². The lowest BCUT2D eigenvalue weighted by Gasteiger charge is -2.04. The molecule has 0 spiro atoms. The van der Waals surface area contributed by atoms with Gasteiger partial charge in [-0.05, 0) is 41.2 Å². The third-order valence-electron chi connectivity index (χ3n) is 3.11. The summed E-state index contributed by atoms with van der Waals surface area (Å²) in [6.07, 6.45) is 5.24. The molecular formula is C19H19N. The van der Waals surface area contributed by atoms with Crippen molar-refractivity contribution in [3.63, 3.8) is 0 Å². The maximum absolute atomic E-state index is 8.88. The van der Waals surface area contributed by atoms with Gasteiger partial charge in [-0.25, -0.2) is 0 Å². The first kappa shape index (κ1) is 14.1. The molecule has 1 heteroatoms. The van der Waals surface area contributed by atoms with Gasteiger partial charge in [-0.1, -0.05) is 62.4 Å². The van der Waals surface area contributed by atoms with Gasteiger partial charge >= 0.3 is 0 Å². The van der Waals surface area contributed by atoms with E-state index in [1.54, 1.807) is 0 Å². The monoisotopic (exact) mass is 261 g/mol. The van der Waals surface area contributed by atoms with Crippen molar-refractivity contribution in [3.05, 3.63) is 70.8 Å². The first-order chi connectivity index (χ1) is 9.67. The van der Waals surface area contributed by atoms with Gasteiger partial charge in [0.05, 0.1) is 11.6 Å². The van der Waals surface area contributed by atoms with Crippen LogP contribution in [0, 0.1) is 17.2 Å². The molecule has 2 aromatic rings. The average molecular weight is 261 g/mol. The molecule has 1 nitrogen and oxygen atoms in total. The number of nitrogens with zero attached hydrogens (tertiary/aromatic N) is 1. The second-order valence-electron chi connectivity index (χ2n) is 5.41. The quantitative estimate of drug-likeness (QED) is 0.716. The summed E-state index contributed by atoms with van der Waals surface area (Å²) in [5, 5.41) is 8.88. The largest absolute Gasteiger partial charge is 0.192 e. The van der Waals surface area contributed by atoms with Crippen LogP contribution in [0.2, 0.25) is 0 Å². The average Bonchev–Trinajstić information content (AvgIpc) is 2.46. The molecule has 0 saturated heterocycles. The standard InChI is InChI=1S/C19H19N/c1-15(2)12-18-10-7-16(8-11-18)6-9-17-4-3-5-19(13-17)14-20/h3-11,13,15H,12H2,1-2H3. The van der Waals surface area contributed by atoms with Crippen LogP contribution in [-0.4, -0.2) is 0 Å². The Hall–Kier alpha value is -2.33. The van der Waals surface area contributed by atoms with Crippen molar-refractivity contribution >= 4 is 12.2 Å². The third-order valence-corrected chi connectivity index (χ3v) is 3.11. The van der Waals surface area contributed by atoms with Crippen LogP contribution in [0.4, 0.5) is 0 Å². The minimum absolute atomic E-state index is 0.685. The van der Waals surface area contributed by atoms with Crippen LogP contribution in [0.25, 0.3) is 12.2 Å². The minimum Gasteiger partial charge on any atom is -0.192 e. The second-order valence-corrected chi connectivity index (χ2v) is 5.41. The predicted octanol–water partition coefficient (Wildman–Crippen LogP) is 4.93. The Balaban J connectivity index is 2.09. The number of nitriles is 1. The fraction of sp³-hybridized carbons (Fsp3) is 0.211. The van der Waals surface area contributed by atoms with Gasteiger partial charge in [-0.15, -0.1) is 0 Å². The van der Waals surface area contributed by atoms with Crippen LogP contribution in [0.1, 0.15) is 36.1 Å². The third kappa shape index (κ3) is 4.10. The van der Waals surface area contributed by atoms with Crippen molar-refractivity contribution in [2.24, 2.45) is 5.92 Å². The highest BCUT2D eigenvalue weighted by atomic mass is 14.2. The van der Waals surface area contributed by atoms with Gasteiger partial charge in [0.1, 0.15) is 0 Å². The summed E-state index contributed by atoms with van der Waals surface area (Å²) in [4.78, 5) is 0. The topological polar surface area (TPSA) is 23.8 Å². The molecule has 0 aliphatic rings. The summed E-state index contributed by atoms with van der Waals surface area (Å²) in [7, 11) is 0. The van der Waals surface area contributed by atoms with E-state index in [1.807, 2.05) is 30.3 Å². The molecule has 0 fully saturated rings. The van der Waals surface area contributed by atoms with E-state index < -0.39 is 0 Å². The molecule has 100 valence electrons. The zero-order chi connectivity index (χ0) is 14.4. The van der Waals surface area contributed by atoms with Crippen molar-refractivity contribution in [1.29, 1.82) is 5.26 Å². The Morgan fingerprint density at radius 2 is 1.70 bits per heavy atom. The van der Waals surface area contributed by atoms with E-state index in [0.717, 1.165) is 12.0 Å². The zero-order valence-corrected chi connectivity index (χ0v) is 12.0. The first-order valence-corrected chi connectivity index (χ1v) is 6.94. The van der Waals surface area contributed by atoms with E-state index in [-0.39, 0.29) is 0 Å². The highest BCUT2D eigenvalue weighted by Crippen LogP contribution is 2.13. The number of hydrogen-bond donors (Lipinski definition) is 0. The van der Waals surface area contributed by atoms with Crippen LogP contribution in [0.5, 0.6) is 0 Å². The molecule has 0 unspecified atom stereocenters. The normalized spacial score (nSPS) is 10.9. The maximum Gasteiger partial charge on any atom is 0.0991 e. The highest BCUT2D eigenvalue weighted by Gasteiger charge is 1.97. The van der Waals surface area contributed by atoms with Crippen molar-refractivity contribution in [1.82, 2.24) is 0 Å². The molecule has 0 aliphatic carbocycles.